The van der Waals surface area contributed by atoms with E-state index in [9.17, 15) is 9.59 Å². The smallest absolute Gasteiger partial charge is 0.339 e. The SMILES string of the molecule is COC(=O)c1ccccc1Nc1ccc(C(=O)NC23CC4CC(CC(C4)C2)C3)cc1. The van der Waals surface area contributed by atoms with Gasteiger partial charge in [0.25, 0.3) is 5.91 Å². The maximum absolute atomic E-state index is 13.0. The molecule has 2 aromatic carbocycles. The maximum atomic E-state index is 13.0. The molecule has 4 aliphatic rings. The number of para-hydroxylation sites is 1. The number of carbonyl (C=O) groups is 2. The van der Waals surface area contributed by atoms with Crippen LogP contribution in [0.4, 0.5) is 11.4 Å². The second kappa shape index (κ2) is 7.46. The van der Waals surface area contributed by atoms with Gasteiger partial charge in [-0.05, 0) is 92.7 Å². The number of nitrogens with one attached hydrogen (secondary N) is 2. The highest BCUT2D eigenvalue weighted by molar-refractivity contribution is 5.97. The minimum Gasteiger partial charge on any atom is -0.465 e. The minimum atomic E-state index is -0.385. The Hall–Kier alpha value is -2.82. The predicted molar refractivity (Wildman–Crippen MR) is 116 cm³/mol. The number of carbonyl (C=O) groups excluding carboxylic acids is 2. The van der Waals surface area contributed by atoms with Crippen molar-refractivity contribution >= 4 is 23.3 Å². The topological polar surface area (TPSA) is 67.4 Å². The summed E-state index contributed by atoms with van der Waals surface area (Å²) in [5, 5.41) is 6.67. The highest BCUT2D eigenvalue weighted by Crippen LogP contribution is 2.55. The number of amides is 1. The molecular weight excluding hydrogens is 376 g/mol. The van der Waals surface area contributed by atoms with Gasteiger partial charge in [-0.3, -0.25) is 4.79 Å². The summed E-state index contributed by atoms with van der Waals surface area (Å²) >= 11 is 0. The Morgan fingerprint density at radius 1 is 0.900 bits per heavy atom. The van der Waals surface area contributed by atoms with Crippen LogP contribution in [0.5, 0.6) is 0 Å². The fraction of sp³-hybridized carbons (Fsp3) is 0.440. The Bertz CT molecular complexity index is 931. The van der Waals surface area contributed by atoms with Crippen molar-refractivity contribution in [1.82, 2.24) is 5.32 Å². The van der Waals surface area contributed by atoms with Crippen LogP contribution in [0.2, 0.25) is 0 Å². The monoisotopic (exact) mass is 404 g/mol. The molecule has 156 valence electrons. The molecule has 0 aromatic heterocycles. The second-order valence-corrected chi connectivity index (χ2v) is 9.39. The van der Waals surface area contributed by atoms with E-state index in [4.69, 9.17) is 4.74 Å². The standard InChI is InChI=1S/C25H28N2O3/c1-30-24(29)21-4-2-3-5-22(21)26-20-8-6-19(7-9-20)23(28)27-25-13-16-10-17(14-25)12-18(11-16)15-25/h2-9,16-18,26H,10-15H2,1H3,(H,27,28). The molecule has 0 atom stereocenters. The van der Waals surface area contributed by atoms with Crippen LogP contribution in [0.1, 0.15) is 59.2 Å². The van der Waals surface area contributed by atoms with E-state index in [-0.39, 0.29) is 17.4 Å². The van der Waals surface area contributed by atoms with E-state index < -0.39 is 0 Å². The molecule has 1 amide bonds. The molecule has 30 heavy (non-hydrogen) atoms. The highest BCUT2D eigenvalue weighted by atomic mass is 16.5. The van der Waals surface area contributed by atoms with Crippen molar-refractivity contribution in [2.24, 2.45) is 17.8 Å². The van der Waals surface area contributed by atoms with Gasteiger partial charge in [0.1, 0.15) is 0 Å². The largest absolute Gasteiger partial charge is 0.465 e. The van der Waals surface area contributed by atoms with E-state index in [0.717, 1.165) is 42.7 Å². The van der Waals surface area contributed by atoms with Gasteiger partial charge in [-0.25, -0.2) is 4.79 Å². The van der Waals surface area contributed by atoms with Crippen LogP contribution in [0.3, 0.4) is 0 Å². The van der Waals surface area contributed by atoms with E-state index in [1.807, 2.05) is 36.4 Å². The summed E-state index contributed by atoms with van der Waals surface area (Å²) in [4.78, 5) is 24.9. The van der Waals surface area contributed by atoms with E-state index in [1.165, 1.54) is 26.4 Å². The third kappa shape index (κ3) is 3.57. The summed E-state index contributed by atoms with van der Waals surface area (Å²) in [7, 11) is 1.37. The molecule has 0 spiro atoms. The fourth-order valence-corrected chi connectivity index (χ4v) is 6.32. The molecule has 2 aromatic rings. The van der Waals surface area contributed by atoms with Gasteiger partial charge in [-0.15, -0.1) is 0 Å². The van der Waals surface area contributed by atoms with E-state index in [0.29, 0.717) is 16.8 Å². The number of benzene rings is 2. The molecule has 5 heteroatoms. The zero-order valence-electron chi connectivity index (χ0n) is 17.3. The molecule has 0 unspecified atom stereocenters. The highest BCUT2D eigenvalue weighted by Gasteiger charge is 2.51. The van der Waals surface area contributed by atoms with Crippen LogP contribution in [-0.2, 0) is 4.74 Å². The Balaban J connectivity index is 1.28. The summed E-state index contributed by atoms with van der Waals surface area (Å²) < 4.78 is 4.85. The number of hydrogen-bond acceptors (Lipinski definition) is 4. The molecule has 4 fully saturated rings. The fourth-order valence-electron chi connectivity index (χ4n) is 6.32. The molecule has 0 radical (unpaired) electrons. The number of rotatable bonds is 5. The lowest BCUT2D eigenvalue weighted by atomic mass is 9.53. The first kappa shape index (κ1) is 19.2. The van der Waals surface area contributed by atoms with Crippen molar-refractivity contribution in [3.63, 3.8) is 0 Å². The van der Waals surface area contributed by atoms with Crippen molar-refractivity contribution in [2.45, 2.75) is 44.1 Å². The number of methoxy groups -OCH3 is 1. The first-order chi connectivity index (χ1) is 14.5. The number of anilines is 2. The number of ether oxygens (including phenoxy) is 1. The van der Waals surface area contributed by atoms with Gasteiger partial charge in [0.2, 0.25) is 0 Å². The molecule has 2 N–H and O–H groups in total. The second-order valence-electron chi connectivity index (χ2n) is 9.39. The molecular formula is C25H28N2O3. The molecule has 0 heterocycles. The summed E-state index contributed by atoms with van der Waals surface area (Å²) in [5.41, 5.74) is 2.66. The van der Waals surface area contributed by atoms with Gasteiger partial charge >= 0.3 is 5.97 Å². The first-order valence-electron chi connectivity index (χ1n) is 10.9. The molecule has 0 saturated heterocycles. The Kier molecular flexibility index (Phi) is 4.76. The van der Waals surface area contributed by atoms with E-state index in [1.54, 1.807) is 12.1 Å². The summed E-state index contributed by atoms with van der Waals surface area (Å²) in [6.45, 7) is 0. The maximum Gasteiger partial charge on any atom is 0.339 e. The average Bonchev–Trinajstić information content (AvgIpc) is 2.73. The minimum absolute atomic E-state index is 0.0161. The first-order valence-corrected chi connectivity index (χ1v) is 10.9. The van der Waals surface area contributed by atoms with Gasteiger partial charge in [0.15, 0.2) is 0 Å². The van der Waals surface area contributed by atoms with Crippen molar-refractivity contribution in [3.8, 4) is 0 Å². The zero-order valence-corrected chi connectivity index (χ0v) is 17.3. The van der Waals surface area contributed by atoms with Crippen LogP contribution < -0.4 is 10.6 Å². The lowest BCUT2D eigenvalue weighted by Gasteiger charge is -2.56. The number of esters is 1. The molecule has 4 bridgehead atoms. The Morgan fingerprint density at radius 3 is 2.10 bits per heavy atom. The third-order valence-electron chi connectivity index (χ3n) is 7.18. The van der Waals surface area contributed by atoms with Gasteiger partial charge < -0.3 is 15.4 Å². The predicted octanol–water partition coefficient (Wildman–Crippen LogP) is 4.92. The normalized spacial score (nSPS) is 28.8. The lowest BCUT2D eigenvalue weighted by Crippen LogP contribution is -2.59. The van der Waals surface area contributed by atoms with Crippen molar-refractivity contribution < 1.29 is 14.3 Å². The van der Waals surface area contributed by atoms with Crippen molar-refractivity contribution in [1.29, 1.82) is 0 Å². The van der Waals surface area contributed by atoms with Crippen LogP contribution in [0.15, 0.2) is 48.5 Å². The van der Waals surface area contributed by atoms with E-state index >= 15 is 0 Å². The number of hydrogen-bond donors (Lipinski definition) is 2. The average molecular weight is 405 g/mol. The van der Waals surface area contributed by atoms with Gasteiger partial charge in [-0.1, -0.05) is 12.1 Å². The van der Waals surface area contributed by atoms with Crippen LogP contribution >= 0.6 is 0 Å². The van der Waals surface area contributed by atoms with Gasteiger partial charge in [0.05, 0.1) is 18.4 Å². The summed E-state index contributed by atoms with van der Waals surface area (Å²) in [6.07, 6.45) is 7.53. The summed E-state index contributed by atoms with van der Waals surface area (Å²) in [6, 6.07) is 14.7. The quantitative estimate of drug-likeness (QED) is 0.695. The van der Waals surface area contributed by atoms with E-state index in [2.05, 4.69) is 10.6 Å². The van der Waals surface area contributed by atoms with Gasteiger partial charge in [-0.2, -0.15) is 0 Å². The van der Waals surface area contributed by atoms with Crippen molar-refractivity contribution in [2.75, 3.05) is 12.4 Å². The van der Waals surface area contributed by atoms with Gasteiger partial charge in [0, 0.05) is 16.8 Å². The molecule has 0 aliphatic heterocycles. The van der Waals surface area contributed by atoms with Crippen LogP contribution in [0, 0.1) is 17.8 Å². The molecule has 5 nitrogen and oxygen atoms in total. The summed E-state index contributed by atoms with van der Waals surface area (Å²) in [5.74, 6) is 2.05. The third-order valence-corrected chi connectivity index (χ3v) is 7.18. The Labute approximate surface area is 177 Å². The zero-order chi connectivity index (χ0) is 20.7. The molecule has 6 rings (SSSR count). The lowest BCUT2D eigenvalue weighted by molar-refractivity contribution is -0.0167. The van der Waals surface area contributed by atoms with Crippen LogP contribution in [-0.4, -0.2) is 24.5 Å². The van der Waals surface area contributed by atoms with Crippen LogP contribution in [0.25, 0.3) is 0 Å². The van der Waals surface area contributed by atoms with Crippen molar-refractivity contribution in [3.05, 3.63) is 59.7 Å². The Morgan fingerprint density at radius 2 is 1.50 bits per heavy atom. The molecule has 4 saturated carbocycles. The molecule has 4 aliphatic carbocycles.